The van der Waals surface area contributed by atoms with E-state index in [1.807, 2.05) is 45.9 Å². The molecule has 4 aromatic rings. The molecule has 0 aliphatic carbocycles. The predicted octanol–water partition coefficient (Wildman–Crippen LogP) is 3.16. The first-order chi connectivity index (χ1) is 15.8. The molecule has 3 aromatic heterocycles. The van der Waals surface area contributed by atoms with Crippen LogP contribution in [0.4, 0.5) is 11.8 Å². The summed E-state index contributed by atoms with van der Waals surface area (Å²) in [5.41, 5.74) is 7.81. The highest BCUT2D eigenvalue weighted by atomic mass is 16.1. The molecule has 0 bridgehead atoms. The number of benzene rings is 1. The van der Waals surface area contributed by atoms with Crippen molar-refractivity contribution in [3.05, 3.63) is 64.4 Å². The molecule has 3 heterocycles. The number of rotatable bonds is 5. The number of nitriles is 1. The second-order valence-electron chi connectivity index (χ2n) is 7.93. The zero-order valence-corrected chi connectivity index (χ0v) is 18.7. The summed E-state index contributed by atoms with van der Waals surface area (Å²) >= 11 is 0. The highest BCUT2D eigenvalue weighted by Gasteiger charge is 2.22. The fourth-order valence-corrected chi connectivity index (χ4v) is 3.69. The molecular formula is C23H23N9O. The van der Waals surface area contributed by atoms with E-state index in [0.29, 0.717) is 22.6 Å². The molecule has 0 amide bonds. The largest absolute Gasteiger partial charge is 0.368 e. The first-order valence-corrected chi connectivity index (χ1v) is 10.4. The van der Waals surface area contributed by atoms with E-state index in [2.05, 4.69) is 25.3 Å². The van der Waals surface area contributed by atoms with Gasteiger partial charge in [-0.15, -0.1) is 0 Å². The Labute approximate surface area is 190 Å². The van der Waals surface area contributed by atoms with Crippen LogP contribution in [0.2, 0.25) is 0 Å². The molecule has 3 N–H and O–H groups in total. The summed E-state index contributed by atoms with van der Waals surface area (Å²) in [4.78, 5) is 35.1. The van der Waals surface area contributed by atoms with Gasteiger partial charge in [0.05, 0.1) is 23.1 Å². The lowest BCUT2D eigenvalue weighted by atomic mass is 10.0. The molecule has 0 radical (unpaired) electrons. The maximum atomic E-state index is 13.7. The number of nitrogens with two attached hydrogens (primary N) is 1. The van der Waals surface area contributed by atoms with E-state index < -0.39 is 6.04 Å². The van der Waals surface area contributed by atoms with E-state index in [1.165, 1.54) is 6.20 Å². The summed E-state index contributed by atoms with van der Waals surface area (Å²) < 4.78 is 1.65. The number of aryl methyl sites for hydroxylation is 1. The Morgan fingerprint density at radius 2 is 1.82 bits per heavy atom. The SMILES string of the molecule is Cc1ncc(-c2cccc3nc([C@H](C)Nc4nc(N)ncc4C#N)n(C(C)C)c(=O)c23)cn1. The van der Waals surface area contributed by atoms with E-state index >= 15 is 0 Å². The summed E-state index contributed by atoms with van der Waals surface area (Å²) in [5.74, 6) is 1.50. The van der Waals surface area contributed by atoms with Crippen LogP contribution in [0, 0.1) is 18.3 Å². The Kier molecular flexibility index (Phi) is 5.70. The molecule has 33 heavy (non-hydrogen) atoms. The van der Waals surface area contributed by atoms with Crippen molar-refractivity contribution < 1.29 is 0 Å². The Morgan fingerprint density at radius 1 is 1.09 bits per heavy atom. The number of hydrogen-bond donors (Lipinski definition) is 2. The standard InChI is InChI=1S/C23H23N9O/c1-12(2)32-21(13(3)29-20-15(8-24)9-28-23(25)31-20)30-18-7-5-6-17(19(18)22(32)33)16-10-26-14(4)27-11-16/h5-7,9-13H,1-4H3,(H3,25,28,29,31)/t13-/m0/s1. The average Bonchev–Trinajstić information content (AvgIpc) is 2.79. The molecule has 0 aliphatic rings. The van der Waals surface area contributed by atoms with E-state index in [4.69, 9.17) is 10.7 Å². The Morgan fingerprint density at radius 3 is 2.48 bits per heavy atom. The quantitative estimate of drug-likeness (QED) is 0.476. The van der Waals surface area contributed by atoms with Crippen molar-refractivity contribution in [1.82, 2.24) is 29.5 Å². The molecule has 0 saturated heterocycles. The van der Waals surface area contributed by atoms with Crippen LogP contribution >= 0.6 is 0 Å². The average molecular weight is 441 g/mol. The third-order valence-corrected chi connectivity index (χ3v) is 5.23. The smallest absolute Gasteiger partial charge is 0.262 e. The molecule has 4 rings (SSSR count). The molecule has 10 nitrogen and oxygen atoms in total. The summed E-state index contributed by atoms with van der Waals surface area (Å²) in [6.07, 6.45) is 4.77. The minimum atomic E-state index is -0.447. The van der Waals surface area contributed by atoms with Gasteiger partial charge in [-0.05, 0) is 39.3 Å². The van der Waals surface area contributed by atoms with Crippen LogP contribution in [-0.2, 0) is 0 Å². The first kappa shape index (κ1) is 21.8. The van der Waals surface area contributed by atoms with E-state index in [9.17, 15) is 10.1 Å². The number of aromatic nitrogens is 6. The summed E-state index contributed by atoms with van der Waals surface area (Å²) in [6, 6.07) is 6.96. The van der Waals surface area contributed by atoms with Crippen molar-refractivity contribution in [2.45, 2.75) is 39.8 Å². The third-order valence-electron chi connectivity index (χ3n) is 5.23. The van der Waals surface area contributed by atoms with Crippen LogP contribution in [0.1, 0.15) is 50.1 Å². The molecule has 0 saturated carbocycles. The van der Waals surface area contributed by atoms with Crippen molar-refractivity contribution >= 4 is 22.7 Å². The van der Waals surface area contributed by atoms with Gasteiger partial charge in [0, 0.05) is 24.0 Å². The fourth-order valence-electron chi connectivity index (χ4n) is 3.69. The van der Waals surface area contributed by atoms with Gasteiger partial charge < -0.3 is 11.1 Å². The number of nitrogens with zero attached hydrogens (tertiary/aromatic N) is 7. The molecule has 10 heteroatoms. The maximum Gasteiger partial charge on any atom is 0.262 e. The predicted molar refractivity (Wildman–Crippen MR) is 125 cm³/mol. The van der Waals surface area contributed by atoms with Crippen LogP contribution in [0.25, 0.3) is 22.0 Å². The van der Waals surface area contributed by atoms with Gasteiger partial charge in [0.25, 0.3) is 5.56 Å². The van der Waals surface area contributed by atoms with E-state index in [1.54, 1.807) is 23.0 Å². The molecule has 1 aromatic carbocycles. The Bertz CT molecular complexity index is 1440. The van der Waals surface area contributed by atoms with Gasteiger partial charge in [0.15, 0.2) is 0 Å². The fraction of sp³-hybridized carbons (Fsp3) is 0.261. The van der Waals surface area contributed by atoms with Crippen LogP contribution in [-0.4, -0.2) is 29.5 Å². The molecule has 0 aliphatic heterocycles. The number of nitrogen functional groups attached to an aromatic ring is 1. The second kappa shape index (κ2) is 8.63. The highest BCUT2D eigenvalue weighted by molar-refractivity contribution is 5.93. The molecule has 0 spiro atoms. The minimum absolute atomic E-state index is 0.0429. The van der Waals surface area contributed by atoms with Crippen LogP contribution in [0.3, 0.4) is 0 Å². The van der Waals surface area contributed by atoms with Gasteiger partial charge >= 0.3 is 0 Å². The number of fused-ring (bicyclic) bond motifs is 1. The molecule has 0 unspecified atom stereocenters. The lowest BCUT2D eigenvalue weighted by Crippen LogP contribution is -2.30. The summed E-state index contributed by atoms with van der Waals surface area (Å²) in [5, 5.41) is 13.0. The summed E-state index contributed by atoms with van der Waals surface area (Å²) in [7, 11) is 0. The van der Waals surface area contributed by atoms with E-state index in [-0.39, 0.29) is 28.9 Å². The molecule has 1 atom stereocenters. The highest BCUT2D eigenvalue weighted by Crippen LogP contribution is 2.28. The van der Waals surface area contributed by atoms with Gasteiger partial charge in [0.2, 0.25) is 5.95 Å². The lowest BCUT2D eigenvalue weighted by molar-refractivity contribution is 0.525. The van der Waals surface area contributed by atoms with Crippen molar-refractivity contribution in [3.63, 3.8) is 0 Å². The monoisotopic (exact) mass is 441 g/mol. The normalized spacial score (nSPS) is 12.0. The van der Waals surface area contributed by atoms with Crippen molar-refractivity contribution in [1.29, 1.82) is 5.26 Å². The minimum Gasteiger partial charge on any atom is -0.368 e. The zero-order valence-electron chi connectivity index (χ0n) is 18.7. The summed E-state index contributed by atoms with van der Waals surface area (Å²) in [6.45, 7) is 7.51. The number of anilines is 2. The lowest BCUT2D eigenvalue weighted by Gasteiger charge is -2.23. The molecular weight excluding hydrogens is 418 g/mol. The first-order valence-electron chi connectivity index (χ1n) is 10.4. The van der Waals surface area contributed by atoms with Crippen LogP contribution in [0.15, 0.2) is 41.6 Å². The third kappa shape index (κ3) is 4.08. The van der Waals surface area contributed by atoms with Crippen molar-refractivity contribution in [2.24, 2.45) is 0 Å². The van der Waals surface area contributed by atoms with Gasteiger partial charge in [-0.2, -0.15) is 10.2 Å². The molecule has 166 valence electrons. The Hall–Kier alpha value is -4.39. The van der Waals surface area contributed by atoms with E-state index in [0.717, 1.165) is 11.1 Å². The van der Waals surface area contributed by atoms with Crippen LogP contribution in [0.5, 0.6) is 0 Å². The Balaban J connectivity index is 1.89. The second-order valence-corrected chi connectivity index (χ2v) is 7.93. The maximum absolute atomic E-state index is 13.7. The van der Waals surface area contributed by atoms with Crippen molar-refractivity contribution in [3.8, 4) is 17.2 Å². The van der Waals surface area contributed by atoms with Gasteiger partial charge in [-0.3, -0.25) is 9.36 Å². The van der Waals surface area contributed by atoms with Gasteiger partial charge in [-0.25, -0.2) is 19.9 Å². The topological polar surface area (TPSA) is 148 Å². The number of nitrogens with one attached hydrogen (secondary N) is 1. The number of hydrogen-bond acceptors (Lipinski definition) is 9. The van der Waals surface area contributed by atoms with Crippen LogP contribution < -0.4 is 16.6 Å². The van der Waals surface area contributed by atoms with Gasteiger partial charge in [0.1, 0.15) is 29.1 Å². The van der Waals surface area contributed by atoms with Crippen molar-refractivity contribution in [2.75, 3.05) is 11.1 Å². The molecule has 0 fully saturated rings. The van der Waals surface area contributed by atoms with Gasteiger partial charge in [-0.1, -0.05) is 12.1 Å². The zero-order chi connectivity index (χ0) is 23.7.